The maximum absolute atomic E-state index is 11.9. The molecule has 0 saturated carbocycles. The molecule has 0 aliphatic rings. The Morgan fingerprint density at radius 3 is 2.53 bits per heavy atom. The largest absolute Gasteiger partial charge is 0.352 e. The molecule has 0 aliphatic carbocycles. The number of benzene rings is 1. The van der Waals surface area contributed by atoms with Crippen LogP contribution in [0.3, 0.4) is 0 Å². The van der Waals surface area contributed by atoms with E-state index in [4.69, 9.17) is 0 Å². The van der Waals surface area contributed by atoms with Gasteiger partial charge in [0.15, 0.2) is 0 Å². The predicted octanol–water partition coefficient (Wildman–Crippen LogP) is 3.07. The SMILES string of the molecule is CCC(CC)CNC(=O)c1ccc(C)c([N+](=O)[O-])c1. The average molecular weight is 264 g/mol. The zero-order chi connectivity index (χ0) is 14.4. The van der Waals surface area contributed by atoms with Crippen molar-refractivity contribution in [2.24, 2.45) is 5.92 Å². The molecule has 0 unspecified atom stereocenters. The van der Waals surface area contributed by atoms with Gasteiger partial charge < -0.3 is 5.32 Å². The molecule has 1 aromatic carbocycles. The standard InChI is InChI=1S/C14H20N2O3/c1-4-11(5-2)9-15-14(17)12-7-6-10(3)13(8-12)16(18)19/h6-8,11H,4-5,9H2,1-3H3,(H,15,17). The lowest BCUT2D eigenvalue weighted by Crippen LogP contribution is -2.28. The second-order valence-electron chi connectivity index (χ2n) is 4.65. The molecule has 0 aliphatic heterocycles. The van der Waals surface area contributed by atoms with Gasteiger partial charge in [-0.2, -0.15) is 0 Å². The Kier molecular flexibility index (Phi) is 5.48. The summed E-state index contributed by atoms with van der Waals surface area (Å²) >= 11 is 0. The third kappa shape index (κ3) is 4.05. The predicted molar refractivity (Wildman–Crippen MR) is 74.2 cm³/mol. The minimum Gasteiger partial charge on any atom is -0.352 e. The van der Waals surface area contributed by atoms with E-state index in [-0.39, 0.29) is 11.6 Å². The Bertz CT molecular complexity index is 468. The fourth-order valence-electron chi connectivity index (χ4n) is 1.86. The summed E-state index contributed by atoms with van der Waals surface area (Å²) in [5.74, 6) is 0.194. The van der Waals surface area contributed by atoms with Crippen LogP contribution in [0.1, 0.15) is 42.6 Å². The van der Waals surface area contributed by atoms with Gasteiger partial charge in [0.1, 0.15) is 0 Å². The van der Waals surface area contributed by atoms with Crippen molar-refractivity contribution >= 4 is 11.6 Å². The molecule has 0 heterocycles. The van der Waals surface area contributed by atoms with Crippen LogP contribution >= 0.6 is 0 Å². The van der Waals surface area contributed by atoms with Crippen LogP contribution < -0.4 is 5.32 Å². The quantitative estimate of drug-likeness (QED) is 0.634. The average Bonchev–Trinajstić information content (AvgIpc) is 2.39. The molecular formula is C14H20N2O3. The third-order valence-corrected chi connectivity index (χ3v) is 3.37. The highest BCUT2D eigenvalue weighted by Crippen LogP contribution is 2.19. The summed E-state index contributed by atoms with van der Waals surface area (Å²) in [4.78, 5) is 22.3. The van der Waals surface area contributed by atoms with E-state index in [2.05, 4.69) is 19.2 Å². The Balaban J connectivity index is 2.77. The second-order valence-corrected chi connectivity index (χ2v) is 4.65. The van der Waals surface area contributed by atoms with Crippen molar-refractivity contribution in [1.82, 2.24) is 5.32 Å². The minimum atomic E-state index is -0.465. The number of carbonyl (C=O) groups excluding carboxylic acids is 1. The molecule has 104 valence electrons. The van der Waals surface area contributed by atoms with Gasteiger partial charge in [-0.25, -0.2) is 0 Å². The highest BCUT2D eigenvalue weighted by Gasteiger charge is 2.15. The Morgan fingerprint density at radius 2 is 2.00 bits per heavy atom. The van der Waals surface area contributed by atoms with Crippen molar-refractivity contribution in [3.05, 3.63) is 39.4 Å². The summed E-state index contributed by atoms with van der Waals surface area (Å²) in [6.07, 6.45) is 2.01. The van der Waals surface area contributed by atoms with Gasteiger partial charge in [-0.1, -0.05) is 32.8 Å². The molecule has 0 bridgehead atoms. The molecular weight excluding hydrogens is 244 g/mol. The van der Waals surface area contributed by atoms with Crippen LogP contribution in [0.15, 0.2) is 18.2 Å². The zero-order valence-electron chi connectivity index (χ0n) is 11.6. The first-order valence-electron chi connectivity index (χ1n) is 6.52. The monoisotopic (exact) mass is 264 g/mol. The number of hydrogen-bond acceptors (Lipinski definition) is 3. The van der Waals surface area contributed by atoms with Crippen molar-refractivity contribution < 1.29 is 9.72 Å². The molecule has 5 nitrogen and oxygen atoms in total. The molecule has 0 aromatic heterocycles. The van der Waals surface area contributed by atoms with Gasteiger partial charge in [0.25, 0.3) is 11.6 Å². The number of nitro groups is 1. The number of nitrogens with zero attached hydrogens (tertiary/aromatic N) is 1. The van der Waals surface area contributed by atoms with Crippen LogP contribution in [-0.2, 0) is 0 Å². The van der Waals surface area contributed by atoms with E-state index in [0.717, 1.165) is 12.8 Å². The maximum atomic E-state index is 11.9. The van der Waals surface area contributed by atoms with Crippen LogP contribution in [-0.4, -0.2) is 17.4 Å². The van der Waals surface area contributed by atoms with E-state index in [9.17, 15) is 14.9 Å². The zero-order valence-corrected chi connectivity index (χ0v) is 11.6. The highest BCUT2D eigenvalue weighted by molar-refractivity contribution is 5.94. The van der Waals surface area contributed by atoms with Crippen molar-refractivity contribution in [2.45, 2.75) is 33.6 Å². The number of rotatable bonds is 6. The molecule has 19 heavy (non-hydrogen) atoms. The molecule has 0 fully saturated rings. The fraction of sp³-hybridized carbons (Fsp3) is 0.500. The number of carbonyl (C=O) groups is 1. The summed E-state index contributed by atoms with van der Waals surface area (Å²) in [5.41, 5.74) is 0.875. The summed E-state index contributed by atoms with van der Waals surface area (Å²) < 4.78 is 0. The first-order chi connectivity index (χ1) is 8.99. The first kappa shape index (κ1) is 15.1. The molecule has 1 aromatic rings. The third-order valence-electron chi connectivity index (χ3n) is 3.37. The van der Waals surface area contributed by atoms with Crippen LogP contribution in [0.2, 0.25) is 0 Å². The second kappa shape index (κ2) is 6.87. The maximum Gasteiger partial charge on any atom is 0.273 e. The van der Waals surface area contributed by atoms with Crippen LogP contribution in [0, 0.1) is 23.0 Å². The van der Waals surface area contributed by atoms with E-state index in [0.29, 0.717) is 23.6 Å². The number of hydrogen-bond donors (Lipinski definition) is 1. The van der Waals surface area contributed by atoms with Gasteiger partial charge >= 0.3 is 0 Å². The van der Waals surface area contributed by atoms with Gasteiger partial charge in [-0.15, -0.1) is 0 Å². The lowest BCUT2D eigenvalue weighted by Gasteiger charge is -2.13. The van der Waals surface area contributed by atoms with Crippen LogP contribution in [0.4, 0.5) is 5.69 Å². The summed E-state index contributed by atoms with van der Waals surface area (Å²) in [6.45, 7) is 6.42. The van der Waals surface area contributed by atoms with E-state index in [1.165, 1.54) is 6.07 Å². The summed E-state index contributed by atoms with van der Waals surface area (Å²) in [7, 11) is 0. The molecule has 1 N–H and O–H groups in total. The van der Waals surface area contributed by atoms with Gasteiger partial charge in [-0.05, 0) is 18.9 Å². The van der Waals surface area contributed by atoms with Crippen molar-refractivity contribution in [1.29, 1.82) is 0 Å². The van der Waals surface area contributed by atoms with E-state index in [1.54, 1.807) is 19.1 Å². The molecule has 0 atom stereocenters. The topological polar surface area (TPSA) is 72.2 Å². The van der Waals surface area contributed by atoms with Crippen LogP contribution in [0.25, 0.3) is 0 Å². The van der Waals surface area contributed by atoms with E-state index in [1.807, 2.05) is 0 Å². The number of aryl methyl sites for hydroxylation is 1. The van der Waals surface area contributed by atoms with E-state index < -0.39 is 4.92 Å². The van der Waals surface area contributed by atoms with Crippen molar-refractivity contribution in [3.8, 4) is 0 Å². The van der Waals surface area contributed by atoms with Gasteiger partial charge in [0.2, 0.25) is 0 Å². The summed E-state index contributed by atoms with van der Waals surface area (Å²) in [5, 5.41) is 13.7. The first-order valence-corrected chi connectivity index (χ1v) is 6.52. The normalized spacial score (nSPS) is 10.5. The molecule has 0 saturated heterocycles. The Morgan fingerprint density at radius 1 is 1.37 bits per heavy atom. The molecule has 1 amide bonds. The number of nitrogens with one attached hydrogen (secondary N) is 1. The lowest BCUT2D eigenvalue weighted by atomic mass is 10.0. The van der Waals surface area contributed by atoms with Gasteiger partial charge in [-0.3, -0.25) is 14.9 Å². The minimum absolute atomic E-state index is 0.0183. The van der Waals surface area contributed by atoms with Gasteiger partial charge in [0, 0.05) is 23.7 Å². The molecule has 1 rings (SSSR count). The smallest absolute Gasteiger partial charge is 0.273 e. The Labute approximate surface area is 113 Å². The fourth-order valence-corrected chi connectivity index (χ4v) is 1.86. The van der Waals surface area contributed by atoms with Crippen molar-refractivity contribution in [2.75, 3.05) is 6.54 Å². The Hall–Kier alpha value is -1.91. The molecule has 0 spiro atoms. The number of amides is 1. The van der Waals surface area contributed by atoms with Crippen LogP contribution in [0.5, 0.6) is 0 Å². The van der Waals surface area contributed by atoms with E-state index >= 15 is 0 Å². The lowest BCUT2D eigenvalue weighted by molar-refractivity contribution is -0.385. The summed E-state index contributed by atoms with van der Waals surface area (Å²) in [6, 6.07) is 4.55. The van der Waals surface area contributed by atoms with Crippen molar-refractivity contribution in [3.63, 3.8) is 0 Å². The highest BCUT2D eigenvalue weighted by atomic mass is 16.6. The van der Waals surface area contributed by atoms with Gasteiger partial charge in [0.05, 0.1) is 4.92 Å². The molecule has 5 heteroatoms. The number of nitro benzene ring substituents is 1. The molecule has 0 radical (unpaired) electrons.